The highest BCUT2D eigenvalue weighted by Crippen LogP contribution is 2.26. The molecule has 22 heavy (non-hydrogen) atoms. The summed E-state index contributed by atoms with van der Waals surface area (Å²) in [6.45, 7) is 0.651. The average molecular weight is 371 g/mol. The average Bonchev–Trinajstić information content (AvgIpc) is 2.97. The van der Waals surface area contributed by atoms with Gasteiger partial charge in [-0.15, -0.1) is 0 Å². The van der Waals surface area contributed by atoms with Crippen LogP contribution in [-0.4, -0.2) is 24.9 Å². The first-order valence-electron chi connectivity index (χ1n) is 7.95. The summed E-state index contributed by atoms with van der Waals surface area (Å²) in [5.41, 5.74) is 0. The zero-order valence-electron chi connectivity index (χ0n) is 12.7. The highest BCUT2D eigenvalue weighted by atomic mass is 79.9. The molecule has 2 amide bonds. The van der Waals surface area contributed by atoms with Crippen molar-refractivity contribution in [1.82, 2.24) is 10.6 Å². The molecular formula is C16H23BrN2O3. The molecule has 0 saturated heterocycles. The highest BCUT2D eigenvalue weighted by molar-refractivity contribution is 9.10. The third-order valence-electron chi connectivity index (χ3n) is 4.04. The van der Waals surface area contributed by atoms with Gasteiger partial charge in [0.15, 0.2) is 10.4 Å². The summed E-state index contributed by atoms with van der Waals surface area (Å²) >= 11 is 3.13. The lowest BCUT2D eigenvalue weighted by molar-refractivity contribution is -0.120. The summed E-state index contributed by atoms with van der Waals surface area (Å²) in [6, 6.07) is 3.20. The Balaban J connectivity index is 1.55. The van der Waals surface area contributed by atoms with Gasteiger partial charge in [-0.25, -0.2) is 0 Å². The van der Waals surface area contributed by atoms with E-state index >= 15 is 0 Å². The third kappa shape index (κ3) is 5.83. The Morgan fingerprint density at radius 1 is 1.18 bits per heavy atom. The summed E-state index contributed by atoms with van der Waals surface area (Å²) < 4.78 is 5.61. The second-order valence-electron chi connectivity index (χ2n) is 5.78. The zero-order chi connectivity index (χ0) is 15.8. The van der Waals surface area contributed by atoms with Crippen molar-refractivity contribution >= 4 is 27.7 Å². The van der Waals surface area contributed by atoms with E-state index in [-0.39, 0.29) is 24.1 Å². The first-order chi connectivity index (χ1) is 10.6. The number of hydrogen-bond acceptors (Lipinski definition) is 3. The second kappa shape index (κ2) is 8.98. The lowest BCUT2D eigenvalue weighted by Crippen LogP contribution is -2.37. The van der Waals surface area contributed by atoms with Gasteiger partial charge in [-0.3, -0.25) is 9.59 Å². The fourth-order valence-electron chi connectivity index (χ4n) is 2.84. The van der Waals surface area contributed by atoms with Crippen molar-refractivity contribution in [2.75, 3.05) is 13.1 Å². The van der Waals surface area contributed by atoms with Crippen molar-refractivity contribution in [3.8, 4) is 0 Å². The predicted molar refractivity (Wildman–Crippen MR) is 87.6 cm³/mol. The molecule has 0 atom stereocenters. The van der Waals surface area contributed by atoms with Gasteiger partial charge in [-0.1, -0.05) is 32.1 Å². The van der Waals surface area contributed by atoms with Crippen LogP contribution in [0.4, 0.5) is 0 Å². The molecule has 1 aromatic rings. The second-order valence-corrected chi connectivity index (χ2v) is 6.56. The van der Waals surface area contributed by atoms with Crippen molar-refractivity contribution in [3.05, 3.63) is 22.6 Å². The Kier molecular flexibility index (Phi) is 6.96. The number of hydrogen-bond donors (Lipinski definition) is 2. The Morgan fingerprint density at radius 3 is 2.64 bits per heavy atom. The van der Waals surface area contributed by atoms with E-state index in [0.29, 0.717) is 11.2 Å². The number of nitrogens with one attached hydrogen (secondary N) is 2. The molecule has 0 bridgehead atoms. The topological polar surface area (TPSA) is 71.3 Å². The number of carbonyl (C=O) groups is 2. The highest BCUT2D eigenvalue weighted by Gasteiger charge is 2.13. The summed E-state index contributed by atoms with van der Waals surface area (Å²) in [5, 5.41) is 5.38. The monoisotopic (exact) mass is 370 g/mol. The molecule has 122 valence electrons. The van der Waals surface area contributed by atoms with E-state index in [1.54, 1.807) is 12.1 Å². The molecule has 5 nitrogen and oxygen atoms in total. The van der Waals surface area contributed by atoms with Crippen LogP contribution in [0.1, 0.15) is 55.5 Å². The molecular weight excluding hydrogens is 348 g/mol. The van der Waals surface area contributed by atoms with Crippen molar-refractivity contribution in [2.45, 2.75) is 44.9 Å². The van der Waals surface area contributed by atoms with Crippen molar-refractivity contribution < 1.29 is 14.0 Å². The minimum atomic E-state index is -0.386. The number of amides is 2. The van der Waals surface area contributed by atoms with Gasteiger partial charge in [-0.05, 0) is 46.8 Å². The summed E-state index contributed by atoms with van der Waals surface area (Å²) in [7, 11) is 0. The van der Waals surface area contributed by atoms with Gasteiger partial charge in [-0.2, -0.15) is 0 Å². The van der Waals surface area contributed by atoms with E-state index < -0.39 is 0 Å². The van der Waals surface area contributed by atoms with Crippen LogP contribution in [0.5, 0.6) is 0 Å². The quantitative estimate of drug-likeness (QED) is 0.723. The van der Waals surface area contributed by atoms with Gasteiger partial charge >= 0.3 is 0 Å². The molecule has 1 fully saturated rings. The molecule has 2 rings (SSSR count). The van der Waals surface area contributed by atoms with E-state index in [4.69, 9.17) is 4.42 Å². The largest absolute Gasteiger partial charge is 0.444 e. The first-order valence-corrected chi connectivity index (χ1v) is 8.74. The number of carbonyl (C=O) groups excluding carboxylic acids is 2. The molecule has 6 heteroatoms. The van der Waals surface area contributed by atoms with Gasteiger partial charge in [0, 0.05) is 6.54 Å². The van der Waals surface area contributed by atoms with Gasteiger partial charge in [0.25, 0.3) is 5.91 Å². The molecule has 0 unspecified atom stereocenters. The smallest absolute Gasteiger partial charge is 0.287 e. The Hall–Kier alpha value is -1.30. The van der Waals surface area contributed by atoms with Crippen LogP contribution in [0.25, 0.3) is 0 Å². The van der Waals surface area contributed by atoms with E-state index in [1.165, 1.54) is 38.5 Å². The molecule has 0 spiro atoms. The standard InChI is InChI=1S/C16H23BrN2O3/c17-14-9-8-13(22-14)16(21)19-11-15(20)18-10-4-7-12-5-2-1-3-6-12/h8-9,12H,1-7,10-11H2,(H,18,20)(H,19,21). The number of furan rings is 1. The van der Waals surface area contributed by atoms with Crippen LogP contribution in [0.15, 0.2) is 21.2 Å². The molecule has 1 saturated carbocycles. The van der Waals surface area contributed by atoms with E-state index in [9.17, 15) is 9.59 Å². The van der Waals surface area contributed by atoms with Crippen LogP contribution >= 0.6 is 15.9 Å². The third-order valence-corrected chi connectivity index (χ3v) is 4.47. The SMILES string of the molecule is O=C(CNC(=O)c1ccc(Br)o1)NCCCC1CCCCC1. The van der Waals surface area contributed by atoms with Gasteiger partial charge in [0.1, 0.15) is 0 Å². The fourth-order valence-corrected chi connectivity index (χ4v) is 3.15. The Labute approximate surface area is 139 Å². The van der Waals surface area contributed by atoms with Crippen molar-refractivity contribution in [3.63, 3.8) is 0 Å². The van der Waals surface area contributed by atoms with E-state index in [2.05, 4.69) is 26.6 Å². The minimum absolute atomic E-state index is 0.0272. The minimum Gasteiger partial charge on any atom is -0.444 e. The van der Waals surface area contributed by atoms with Crippen LogP contribution < -0.4 is 10.6 Å². The maximum absolute atomic E-state index is 11.7. The maximum Gasteiger partial charge on any atom is 0.287 e. The molecule has 0 radical (unpaired) electrons. The number of rotatable bonds is 7. The molecule has 1 aliphatic carbocycles. The molecule has 0 aliphatic heterocycles. The van der Waals surface area contributed by atoms with Crippen molar-refractivity contribution in [2.24, 2.45) is 5.92 Å². The Morgan fingerprint density at radius 2 is 1.95 bits per heavy atom. The van der Waals surface area contributed by atoms with Crippen LogP contribution in [0, 0.1) is 5.92 Å². The lowest BCUT2D eigenvalue weighted by atomic mass is 9.86. The first kappa shape index (κ1) is 17.1. The molecule has 1 aliphatic rings. The van der Waals surface area contributed by atoms with E-state index in [0.717, 1.165) is 12.3 Å². The zero-order valence-corrected chi connectivity index (χ0v) is 14.3. The number of halogens is 1. The summed E-state index contributed by atoms with van der Waals surface area (Å²) in [5.74, 6) is 0.477. The van der Waals surface area contributed by atoms with Crippen LogP contribution in [-0.2, 0) is 4.79 Å². The molecule has 1 aromatic heterocycles. The summed E-state index contributed by atoms with van der Waals surface area (Å²) in [4.78, 5) is 23.4. The predicted octanol–water partition coefficient (Wildman–Crippen LogP) is 3.25. The van der Waals surface area contributed by atoms with Gasteiger partial charge in [0.2, 0.25) is 5.91 Å². The summed E-state index contributed by atoms with van der Waals surface area (Å²) in [6.07, 6.45) is 8.95. The molecule has 1 heterocycles. The fraction of sp³-hybridized carbons (Fsp3) is 0.625. The Bertz CT molecular complexity index is 495. The molecule has 0 aromatic carbocycles. The van der Waals surface area contributed by atoms with Crippen LogP contribution in [0.3, 0.4) is 0 Å². The normalized spacial score (nSPS) is 15.5. The maximum atomic E-state index is 11.7. The molecule has 2 N–H and O–H groups in total. The van der Waals surface area contributed by atoms with Crippen molar-refractivity contribution in [1.29, 1.82) is 0 Å². The lowest BCUT2D eigenvalue weighted by Gasteiger charge is -2.21. The van der Waals surface area contributed by atoms with Gasteiger partial charge < -0.3 is 15.1 Å². The van der Waals surface area contributed by atoms with E-state index in [1.807, 2.05) is 0 Å². The van der Waals surface area contributed by atoms with Crippen LogP contribution in [0.2, 0.25) is 0 Å². The van der Waals surface area contributed by atoms with Gasteiger partial charge in [0.05, 0.1) is 6.54 Å².